The van der Waals surface area contributed by atoms with E-state index in [9.17, 15) is 9.90 Å². The van der Waals surface area contributed by atoms with Gasteiger partial charge in [0, 0.05) is 5.02 Å². The van der Waals surface area contributed by atoms with Gasteiger partial charge in [0.2, 0.25) is 0 Å². The second kappa shape index (κ2) is 6.92. The average molecular weight is 287 g/mol. The van der Waals surface area contributed by atoms with Gasteiger partial charge in [-0.3, -0.25) is 4.79 Å². The fourth-order valence-electron chi connectivity index (χ4n) is 2.01. The molecule has 0 bridgehead atoms. The zero-order valence-electron chi connectivity index (χ0n) is 10.9. The van der Waals surface area contributed by atoms with Crippen LogP contribution in [0.5, 0.6) is 0 Å². The Hall–Kier alpha value is -2.06. The lowest BCUT2D eigenvalue weighted by molar-refractivity contribution is -0.138. The topological polar surface area (TPSA) is 37.3 Å². The predicted octanol–water partition coefficient (Wildman–Crippen LogP) is 4.61. The van der Waals surface area contributed by atoms with Gasteiger partial charge in [-0.05, 0) is 29.7 Å². The Morgan fingerprint density at radius 2 is 1.90 bits per heavy atom. The van der Waals surface area contributed by atoms with Crippen molar-refractivity contribution >= 4 is 23.6 Å². The maximum atomic E-state index is 11.4. The van der Waals surface area contributed by atoms with E-state index in [1.54, 1.807) is 24.3 Å². The van der Waals surface area contributed by atoms with Crippen molar-refractivity contribution in [1.29, 1.82) is 0 Å². The van der Waals surface area contributed by atoms with Gasteiger partial charge >= 0.3 is 5.97 Å². The van der Waals surface area contributed by atoms with Crippen molar-refractivity contribution in [3.8, 4) is 0 Å². The average Bonchev–Trinajstić information content (AvgIpc) is 2.44. The molecule has 0 aliphatic rings. The Bertz CT molecular complexity index is 605. The van der Waals surface area contributed by atoms with E-state index >= 15 is 0 Å². The molecule has 1 unspecified atom stereocenters. The zero-order valence-corrected chi connectivity index (χ0v) is 11.6. The minimum Gasteiger partial charge on any atom is -0.481 e. The highest BCUT2D eigenvalue weighted by atomic mass is 35.5. The van der Waals surface area contributed by atoms with Crippen LogP contribution >= 0.6 is 11.6 Å². The first-order chi connectivity index (χ1) is 9.66. The Morgan fingerprint density at radius 3 is 2.55 bits per heavy atom. The van der Waals surface area contributed by atoms with Gasteiger partial charge in [-0.2, -0.15) is 0 Å². The molecule has 2 aromatic carbocycles. The second-order valence-electron chi connectivity index (χ2n) is 4.49. The van der Waals surface area contributed by atoms with Gasteiger partial charge in [-0.25, -0.2) is 0 Å². The Balaban J connectivity index is 2.11. The summed E-state index contributed by atoms with van der Waals surface area (Å²) in [6.07, 6.45) is 4.25. The van der Waals surface area contributed by atoms with Crippen molar-refractivity contribution in [3.05, 3.63) is 76.8 Å². The van der Waals surface area contributed by atoms with Gasteiger partial charge in [-0.1, -0.05) is 66.2 Å². The highest BCUT2D eigenvalue weighted by Gasteiger charge is 2.18. The SMILES string of the molecule is O=C(O)C(CC=Cc1ccccc1)c1cccc(Cl)c1. The third-order valence-electron chi connectivity index (χ3n) is 3.03. The predicted molar refractivity (Wildman–Crippen MR) is 81.9 cm³/mol. The molecule has 0 radical (unpaired) electrons. The van der Waals surface area contributed by atoms with Crippen LogP contribution in [-0.2, 0) is 4.79 Å². The first-order valence-electron chi connectivity index (χ1n) is 6.36. The van der Waals surface area contributed by atoms with Crippen molar-refractivity contribution in [3.63, 3.8) is 0 Å². The summed E-state index contributed by atoms with van der Waals surface area (Å²) >= 11 is 5.91. The summed E-state index contributed by atoms with van der Waals surface area (Å²) in [5, 5.41) is 9.89. The van der Waals surface area contributed by atoms with Crippen LogP contribution in [0, 0.1) is 0 Å². The highest BCUT2D eigenvalue weighted by Crippen LogP contribution is 2.23. The Morgan fingerprint density at radius 1 is 1.15 bits per heavy atom. The maximum Gasteiger partial charge on any atom is 0.311 e. The van der Waals surface area contributed by atoms with Crippen LogP contribution in [-0.4, -0.2) is 11.1 Å². The normalized spacial score (nSPS) is 12.4. The molecule has 1 atom stereocenters. The van der Waals surface area contributed by atoms with Crippen molar-refractivity contribution < 1.29 is 9.90 Å². The summed E-state index contributed by atoms with van der Waals surface area (Å²) in [7, 11) is 0. The smallest absolute Gasteiger partial charge is 0.311 e. The van der Waals surface area contributed by atoms with Gasteiger partial charge in [0.25, 0.3) is 0 Å². The van der Waals surface area contributed by atoms with E-state index in [-0.39, 0.29) is 0 Å². The highest BCUT2D eigenvalue weighted by molar-refractivity contribution is 6.30. The molecule has 2 aromatic rings. The maximum absolute atomic E-state index is 11.4. The van der Waals surface area contributed by atoms with E-state index in [1.165, 1.54) is 0 Å². The molecule has 0 spiro atoms. The van der Waals surface area contributed by atoms with Gasteiger partial charge in [-0.15, -0.1) is 0 Å². The van der Waals surface area contributed by atoms with Gasteiger partial charge in [0.15, 0.2) is 0 Å². The molecule has 1 N–H and O–H groups in total. The van der Waals surface area contributed by atoms with Crippen LogP contribution in [0.4, 0.5) is 0 Å². The van der Waals surface area contributed by atoms with Crippen molar-refractivity contribution in [2.75, 3.05) is 0 Å². The third kappa shape index (κ3) is 3.97. The molecule has 0 aliphatic carbocycles. The molecule has 0 aromatic heterocycles. The summed E-state index contributed by atoms with van der Waals surface area (Å²) in [6, 6.07) is 16.8. The number of carboxylic acid groups (broad SMARTS) is 1. The van der Waals surface area contributed by atoms with Crippen LogP contribution in [0.25, 0.3) is 6.08 Å². The molecular weight excluding hydrogens is 272 g/mol. The van der Waals surface area contributed by atoms with Crippen molar-refractivity contribution in [2.45, 2.75) is 12.3 Å². The van der Waals surface area contributed by atoms with Gasteiger partial charge < -0.3 is 5.11 Å². The standard InChI is InChI=1S/C17H15ClO2/c18-15-10-5-9-14(12-15)16(17(19)20)11-4-8-13-6-2-1-3-7-13/h1-10,12,16H,11H2,(H,19,20). The van der Waals surface area contributed by atoms with Crippen molar-refractivity contribution in [2.24, 2.45) is 0 Å². The Labute approximate surface area is 123 Å². The number of hydrogen-bond donors (Lipinski definition) is 1. The molecule has 0 fully saturated rings. The number of carboxylic acids is 1. The van der Waals surface area contributed by atoms with Crippen LogP contribution in [0.15, 0.2) is 60.7 Å². The molecule has 20 heavy (non-hydrogen) atoms. The minimum atomic E-state index is -0.843. The fourth-order valence-corrected chi connectivity index (χ4v) is 2.21. The summed E-state index contributed by atoms with van der Waals surface area (Å²) in [6.45, 7) is 0. The zero-order chi connectivity index (χ0) is 14.4. The van der Waals surface area contributed by atoms with E-state index in [0.29, 0.717) is 11.4 Å². The van der Waals surface area contributed by atoms with E-state index in [1.807, 2.05) is 42.5 Å². The van der Waals surface area contributed by atoms with Crippen LogP contribution in [0.2, 0.25) is 5.02 Å². The molecule has 2 nitrogen and oxygen atoms in total. The molecule has 0 saturated carbocycles. The van der Waals surface area contributed by atoms with E-state index in [0.717, 1.165) is 11.1 Å². The number of rotatable bonds is 5. The van der Waals surface area contributed by atoms with E-state index < -0.39 is 11.9 Å². The lowest BCUT2D eigenvalue weighted by atomic mass is 9.95. The number of halogens is 1. The van der Waals surface area contributed by atoms with Gasteiger partial charge in [0.05, 0.1) is 5.92 Å². The number of allylic oxidation sites excluding steroid dienone is 1. The fraction of sp³-hybridized carbons (Fsp3) is 0.118. The van der Waals surface area contributed by atoms with E-state index in [4.69, 9.17) is 11.6 Å². The first kappa shape index (κ1) is 14.4. The second-order valence-corrected chi connectivity index (χ2v) is 4.93. The third-order valence-corrected chi connectivity index (χ3v) is 3.27. The molecule has 2 rings (SSSR count). The first-order valence-corrected chi connectivity index (χ1v) is 6.74. The molecule has 3 heteroatoms. The Kier molecular flexibility index (Phi) is 4.97. The van der Waals surface area contributed by atoms with Crippen LogP contribution in [0.1, 0.15) is 23.5 Å². The quantitative estimate of drug-likeness (QED) is 0.871. The molecule has 0 amide bonds. The molecule has 0 aliphatic heterocycles. The largest absolute Gasteiger partial charge is 0.481 e. The number of benzene rings is 2. The molecule has 102 valence electrons. The van der Waals surface area contributed by atoms with Crippen molar-refractivity contribution in [1.82, 2.24) is 0 Å². The lowest BCUT2D eigenvalue weighted by Gasteiger charge is -2.10. The summed E-state index contributed by atoms with van der Waals surface area (Å²) in [5.41, 5.74) is 1.78. The summed E-state index contributed by atoms with van der Waals surface area (Å²) < 4.78 is 0. The van der Waals surface area contributed by atoms with Crippen LogP contribution < -0.4 is 0 Å². The van der Waals surface area contributed by atoms with Crippen LogP contribution in [0.3, 0.4) is 0 Å². The number of carbonyl (C=O) groups is 1. The minimum absolute atomic E-state index is 0.435. The molecule has 0 heterocycles. The summed E-state index contributed by atoms with van der Waals surface area (Å²) in [4.78, 5) is 11.4. The number of aliphatic carboxylic acids is 1. The monoisotopic (exact) mass is 286 g/mol. The van der Waals surface area contributed by atoms with Gasteiger partial charge in [0.1, 0.15) is 0 Å². The lowest BCUT2D eigenvalue weighted by Crippen LogP contribution is -2.10. The summed E-state index contributed by atoms with van der Waals surface area (Å²) in [5.74, 6) is -1.42. The molecular formula is C17H15ClO2. The van der Waals surface area contributed by atoms with E-state index in [2.05, 4.69) is 0 Å². The number of hydrogen-bond acceptors (Lipinski definition) is 1. The molecule has 0 saturated heterocycles.